The Morgan fingerprint density at radius 1 is 1.04 bits per heavy atom. The standard InChI is InChI=1S/C20H27N5O/c1-23-14-18(13-22-23)15-24-10-2-5-20(6-11-24)7-12-25(19(20)26)16-17-3-8-21-9-4-17/h3-4,8-9,13-14H,2,5-7,10-12,15-16H2,1H3/t20-/m0/s1. The van der Waals surface area contributed by atoms with Gasteiger partial charge in [0.05, 0.1) is 11.6 Å². The van der Waals surface area contributed by atoms with E-state index in [-0.39, 0.29) is 5.41 Å². The predicted molar refractivity (Wildman–Crippen MR) is 99.0 cm³/mol. The summed E-state index contributed by atoms with van der Waals surface area (Å²) in [5, 5.41) is 4.26. The van der Waals surface area contributed by atoms with Crippen molar-refractivity contribution in [2.45, 2.75) is 38.8 Å². The number of nitrogens with zero attached hydrogens (tertiary/aromatic N) is 5. The Morgan fingerprint density at radius 3 is 2.62 bits per heavy atom. The normalized spacial score (nSPS) is 24.3. The van der Waals surface area contributed by atoms with Crippen LogP contribution in [0.15, 0.2) is 36.9 Å². The highest BCUT2D eigenvalue weighted by Crippen LogP contribution is 2.42. The van der Waals surface area contributed by atoms with Gasteiger partial charge in [-0.2, -0.15) is 5.10 Å². The predicted octanol–water partition coefficient (Wildman–Crippen LogP) is 2.22. The van der Waals surface area contributed by atoms with Crippen LogP contribution in [0.1, 0.15) is 36.8 Å². The number of hydrogen-bond acceptors (Lipinski definition) is 4. The molecular formula is C20H27N5O. The molecule has 0 bridgehead atoms. The van der Waals surface area contributed by atoms with E-state index in [1.807, 2.05) is 35.0 Å². The Kier molecular flexibility index (Phi) is 4.76. The number of carbonyl (C=O) groups is 1. The van der Waals surface area contributed by atoms with Gasteiger partial charge in [-0.15, -0.1) is 0 Å². The minimum atomic E-state index is -0.142. The number of pyridine rings is 1. The van der Waals surface area contributed by atoms with E-state index >= 15 is 0 Å². The van der Waals surface area contributed by atoms with E-state index < -0.39 is 0 Å². The first kappa shape index (κ1) is 17.2. The van der Waals surface area contributed by atoms with E-state index in [2.05, 4.69) is 21.2 Å². The van der Waals surface area contributed by atoms with Crippen molar-refractivity contribution in [3.8, 4) is 0 Å². The fourth-order valence-electron chi connectivity index (χ4n) is 4.44. The van der Waals surface area contributed by atoms with E-state index in [0.717, 1.165) is 57.4 Å². The van der Waals surface area contributed by atoms with Crippen LogP contribution in [0.4, 0.5) is 0 Å². The third-order valence-electron chi connectivity index (χ3n) is 5.92. The molecule has 6 heteroatoms. The highest BCUT2D eigenvalue weighted by Gasteiger charge is 2.46. The summed E-state index contributed by atoms with van der Waals surface area (Å²) in [7, 11) is 1.95. The maximum absolute atomic E-state index is 13.2. The fourth-order valence-corrected chi connectivity index (χ4v) is 4.44. The van der Waals surface area contributed by atoms with Crippen LogP contribution in [0.3, 0.4) is 0 Å². The Morgan fingerprint density at radius 2 is 1.85 bits per heavy atom. The molecule has 6 nitrogen and oxygen atoms in total. The van der Waals surface area contributed by atoms with Crippen LogP contribution in [0.25, 0.3) is 0 Å². The zero-order valence-electron chi connectivity index (χ0n) is 15.5. The maximum atomic E-state index is 13.2. The topological polar surface area (TPSA) is 54.3 Å². The number of hydrogen-bond donors (Lipinski definition) is 0. The summed E-state index contributed by atoms with van der Waals surface area (Å²) in [6, 6.07) is 4.00. The molecule has 1 amide bonds. The molecule has 2 aromatic rings. The first-order valence-electron chi connectivity index (χ1n) is 9.53. The highest BCUT2D eigenvalue weighted by atomic mass is 16.2. The molecule has 0 saturated carbocycles. The van der Waals surface area contributed by atoms with Gasteiger partial charge in [0.1, 0.15) is 0 Å². The average Bonchev–Trinajstić information content (AvgIpc) is 3.10. The minimum absolute atomic E-state index is 0.142. The SMILES string of the molecule is Cn1cc(CN2CCC[C@]3(CC2)CCN(Cc2ccncc2)C3=O)cn1. The number of rotatable bonds is 4. The van der Waals surface area contributed by atoms with Gasteiger partial charge in [0, 0.05) is 50.8 Å². The second-order valence-corrected chi connectivity index (χ2v) is 7.76. The van der Waals surface area contributed by atoms with Gasteiger partial charge in [0.25, 0.3) is 0 Å². The first-order valence-corrected chi connectivity index (χ1v) is 9.53. The molecule has 1 atom stereocenters. The molecule has 0 aliphatic carbocycles. The molecule has 1 spiro atoms. The van der Waals surface area contributed by atoms with Crippen molar-refractivity contribution in [2.24, 2.45) is 12.5 Å². The van der Waals surface area contributed by atoms with Crippen molar-refractivity contribution in [3.63, 3.8) is 0 Å². The molecule has 2 aliphatic heterocycles. The summed E-state index contributed by atoms with van der Waals surface area (Å²) in [6.07, 6.45) is 11.7. The molecule has 2 aliphatic rings. The van der Waals surface area contributed by atoms with Crippen LogP contribution in [-0.4, -0.2) is 50.1 Å². The maximum Gasteiger partial charge on any atom is 0.229 e. The molecule has 0 aromatic carbocycles. The lowest BCUT2D eigenvalue weighted by molar-refractivity contribution is -0.137. The summed E-state index contributed by atoms with van der Waals surface area (Å²) in [5.41, 5.74) is 2.27. The van der Waals surface area contributed by atoms with E-state index in [0.29, 0.717) is 12.5 Å². The second-order valence-electron chi connectivity index (χ2n) is 7.76. The molecule has 0 N–H and O–H groups in total. The molecule has 0 radical (unpaired) electrons. The fraction of sp³-hybridized carbons (Fsp3) is 0.550. The second kappa shape index (κ2) is 7.19. The van der Waals surface area contributed by atoms with Gasteiger partial charge < -0.3 is 4.90 Å². The molecule has 2 saturated heterocycles. The van der Waals surface area contributed by atoms with Crippen LogP contribution in [0.2, 0.25) is 0 Å². The largest absolute Gasteiger partial charge is 0.338 e. The lowest BCUT2D eigenvalue weighted by Crippen LogP contribution is -2.35. The Bertz CT molecular complexity index is 759. The minimum Gasteiger partial charge on any atom is -0.338 e. The first-order chi connectivity index (χ1) is 12.6. The smallest absolute Gasteiger partial charge is 0.229 e. The van der Waals surface area contributed by atoms with Crippen molar-refractivity contribution in [2.75, 3.05) is 19.6 Å². The van der Waals surface area contributed by atoms with E-state index in [9.17, 15) is 4.79 Å². The number of aromatic nitrogens is 3. The van der Waals surface area contributed by atoms with Crippen LogP contribution < -0.4 is 0 Å². The molecular weight excluding hydrogens is 326 g/mol. The zero-order valence-corrected chi connectivity index (χ0v) is 15.5. The zero-order chi connectivity index (χ0) is 18.0. The molecule has 4 heterocycles. The summed E-state index contributed by atoms with van der Waals surface area (Å²) < 4.78 is 1.85. The average molecular weight is 353 g/mol. The monoisotopic (exact) mass is 353 g/mol. The molecule has 26 heavy (non-hydrogen) atoms. The van der Waals surface area contributed by atoms with Gasteiger partial charge in [-0.3, -0.25) is 19.4 Å². The van der Waals surface area contributed by atoms with Gasteiger partial charge in [0.2, 0.25) is 5.91 Å². The summed E-state index contributed by atoms with van der Waals surface area (Å²) in [4.78, 5) is 21.8. The van der Waals surface area contributed by atoms with Crippen molar-refractivity contribution in [1.82, 2.24) is 24.6 Å². The van der Waals surface area contributed by atoms with Crippen LogP contribution in [0, 0.1) is 5.41 Å². The van der Waals surface area contributed by atoms with Crippen molar-refractivity contribution in [1.29, 1.82) is 0 Å². The van der Waals surface area contributed by atoms with Crippen molar-refractivity contribution in [3.05, 3.63) is 48.0 Å². The van der Waals surface area contributed by atoms with Gasteiger partial charge in [0.15, 0.2) is 0 Å². The summed E-state index contributed by atoms with van der Waals surface area (Å²) in [5.74, 6) is 0.359. The number of likely N-dealkylation sites (tertiary alicyclic amines) is 2. The highest BCUT2D eigenvalue weighted by molar-refractivity contribution is 5.84. The Labute approximate surface area is 154 Å². The molecule has 138 valence electrons. The lowest BCUT2D eigenvalue weighted by atomic mass is 9.79. The molecule has 4 rings (SSSR count). The molecule has 2 fully saturated rings. The third kappa shape index (κ3) is 3.51. The van der Waals surface area contributed by atoms with Gasteiger partial charge in [-0.1, -0.05) is 0 Å². The number of aryl methyl sites for hydroxylation is 1. The van der Waals surface area contributed by atoms with Crippen molar-refractivity contribution >= 4 is 5.91 Å². The van der Waals surface area contributed by atoms with E-state index in [4.69, 9.17) is 0 Å². The van der Waals surface area contributed by atoms with Gasteiger partial charge in [-0.05, 0) is 56.5 Å². The quantitative estimate of drug-likeness (QED) is 0.846. The molecule has 0 unspecified atom stereocenters. The number of amides is 1. The summed E-state index contributed by atoms with van der Waals surface area (Å²) in [6.45, 7) is 4.57. The van der Waals surface area contributed by atoms with E-state index in [1.165, 1.54) is 5.56 Å². The van der Waals surface area contributed by atoms with Crippen LogP contribution >= 0.6 is 0 Å². The van der Waals surface area contributed by atoms with Gasteiger partial charge >= 0.3 is 0 Å². The van der Waals surface area contributed by atoms with Crippen molar-refractivity contribution < 1.29 is 4.79 Å². The van der Waals surface area contributed by atoms with Gasteiger partial charge in [-0.25, -0.2) is 0 Å². The lowest BCUT2D eigenvalue weighted by Gasteiger charge is -2.27. The van der Waals surface area contributed by atoms with Crippen LogP contribution in [0.5, 0.6) is 0 Å². The van der Waals surface area contributed by atoms with E-state index in [1.54, 1.807) is 12.4 Å². The summed E-state index contributed by atoms with van der Waals surface area (Å²) >= 11 is 0. The molecule has 2 aromatic heterocycles. The van der Waals surface area contributed by atoms with Crippen LogP contribution in [-0.2, 0) is 24.9 Å². The Balaban J connectivity index is 1.39. The Hall–Kier alpha value is -2.21. The third-order valence-corrected chi connectivity index (χ3v) is 5.92. The number of carbonyl (C=O) groups excluding carboxylic acids is 1.